The zero-order chi connectivity index (χ0) is 11.3. The quantitative estimate of drug-likeness (QED) is 0.694. The molecule has 0 spiro atoms. The fraction of sp³-hybridized carbons (Fsp3) is 0.500. The number of rotatable bonds is 5. The van der Waals surface area contributed by atoms with E-state index in [1.54, 1.807) is 6.20 Å². The van der Waals surface area contributed by atoms with E-state index in [0.29, 0.717) is 18.8 Å². The highest BCUT2D eigenvalue weighted by Gasteiger charge is 2.11. The Hall–Kier alpha value is -0.490. The van der Waals surface area contributed by atoms with Gasteiger partial charge in [-0.05, 0) is 34.5 Å². The first-order valence-corrected chi connectivity index (χ1v) is 5.56. The average Bonchev–Trinajstić information content (AvgIpc) is 2.17. The molecule has 4 nitrogen and oxygen atoms in total. The Morgan fingerprint density at radius 3 is 2.93 bits per heavy atom. The standard InChI is InChI=1S/C10H15BrN2O2/c1-7-4-8(11)5-13-10(7)9(15)6-12-2-3-14/h4-5,9,12,14-15H,2-3,6H2,1H3/t9-/m1/s1. The first kappa shape index (κ1) is 12.6. The summed E-state index contributed by atoms with van der Waals surface area (Å²) in [5.41, 5.74) is 1.62. The lowest BCUT2D eigenvalue weighted by Crippen LogP contribution is -2.25. The minimum atomic E-state index is -0.635. The predicted octanol–water partition coefficient (Wildman–Crippen LogP) is 0.768. The first-order valence-electron chi connectivity index (χ1n) is 4.77. The number of hydrogen-bond donors (Lipinski definition) is 3. The zero-order valence-corrected chi connectivity index (χ0v) is 10.2. The molecule has 1 rings (SSSR count). The molecule has 0 amide bonds. The second-order valence-corrected chi connectivity index (χ2v) is 4.21. The molecule has 84 valence electrons. The normalized spacial score (nSPS) is 12.8. The molecule has 5 heteroatoms. The van der Waals surface area contributed by atoms with E-state index in [4.69, 9.17) is 5.11 Å². The summed E-state index contributed by atoms with van der Waals surface area (Å²) in [7, 11) is 0. The summed E-state index contributed by atoms with van der Waals surface area (Å²) < 4.78 is 0.902. The van der Waals surface area contributed by atoms with Gasteiger partial charge in [0.1, 0.15) is 6.10 Å². The van der Waals surface area contributed by atoms with Crippen molar-refractivity contribution in [1.82, 2.24) is 10.3 Å². The predicted molar refractivity (Wildman–Crippen MR) is 61.6 cm³/mol. The Kier molecular flexibility index (Phi) is 5.17. The molecule has 0 radical (unpaired) electrons. The van der Waals surface area contributed by atoms with Crippen LogP contribution in [-0.4, -0.2) is 34.9 Å². The van der Waals surface area contributed by atoms with E-state index in [2.05, 4.69) is 26.2 Å². The summed E-state index contributed by atoms with van der Waals surface area (Å²) in [5.74, 6) is 0. The molecular formula is C10H15BrN2O2. The summed E-state index contributed by atoms with van der Waals surface area (Å²) >= 11 is 3.32. The molecule has 1 aromatic heterocycles. The van der Waals surface area contributed by atoms with Crippen molar-refractivity contribution >= 4 is 15.9 Å². The lowest BCUT2D eigenvalue weighted by Gasteiger charge is -2.13. The van der Waals surface area contributed by atoms with Crippen molar-refractivity contribution in [3.05, 3.63) is 28.0 Å². The first-order chi connectivity index (χ1) is 7.15. The van der Waals surface area contributed by atoms with Crippen molar-refractivity contribution in [1.29, 1.82) is 0 Å². The van der Waals surface area contributed by atoms with Crippen LogP contribution in [0.25, 0.3) is 0 Å². The second kappa shape index (κ2) is 6.17. The average molecular weight is 275 g/mol. The molecule has 0 aliphatic rings. The maximum atomic E-state index is 9.80. The van der Waals surface area contributed by atoms with Crippen LogP contribution in [0.15, 0.2) is 16.7 Å². The van der Waals surface area contributed by atoms with Gasteiger partial charge in [-0.25, -0.2) is 0 Å². The van der Waals surface area contributed by atoms with Crippen molar-refractivity contribution in [2.75, 3.05) is 19.7 Å². The van der Waals surface area contributed by atoms with Gasteiger partial charge in [-0.15, -0.1) is 0 Å². The number of halogens is 1. The smallest absolute Gasteiger partial charge is 0.109 e. The molecule has 0 aromatic carbocycles. The number of nitrogens with one attached hydrogen (secondary N) is 1. The number of aromatic nitrogens is 1. The molecule has 0 saturated heterocycles. The van der Waals surface area contributed by atoms with Crippen LogP contribution in [0.3, 0.4) is 0 Å². The molecule has 3 N–H and O–H groups in total. The third-order valence-electron chi connectivity index (χ3n) is 2.03. The number of nitrogens with zero attached hydrogens (tertiary/aromatic N) is 1. The Bertz CT molecular complexity index is 320. The van der Waals surface area contributed by atoms with Crippen LogP contribution < -0.4 is 5.32 Å². The van der Waals surface area contributed by atoms with E-state index in [1.165, 1.54) is 0 Å². The molecule has 0 aliphatic heterocycles. The topological polar surface area (TPSA) is 65.4 Å². The minimum absolute atomic E-state index is 0.0689. The molecule has 0 unspecified atom stereocenters. The SMILES string of the molecule is Cc1cc(Br)cnc1[C@H](O)CNCCO. The number of aryl methyl sites for hydroxylation is 1. The molecule has 1 aromatic rings. The Morgan fingerprint density at radius 1 is 1.60 bits per heavy atom. The van der Waals surface area contributed by atoms with Gasteiger partial charge in [0.25, 0.3) is 0 Å². The van der Waals surface area contributed by atoms with Gasteiger partial charge in [0.2, 0.25) is 0 Å². The van der Waals surface area contributed by atoms with Crippen LogP contribution in [0.1, 0.15) is 17.4 Å². The van der Waals surface area contributed by atoms with E-state index >= 15 is 0 Å². The highest BCUT2D eigenvalue weighted by atomic mass is 79.9. The third-order valence-corrected chi connectivity index (χ3v) is 2.46. The summed E-state index contributed by atoms with van der Waals surface area (Å²) in [6.45, 7) is 2.85. The molecule has 0 aliphatic carbocycles. The largest absolute Gasteiger partial charge is 0.395 e. The van der Waals surface area contributed by atoms with Gasteiger partial charge in [0.15, 0.2) is 0 Å². The molecule has 1 atom stereocenters. The van der Waals surface area contributed by atoms with Crippen molar-refractivity contribution in [2.45, 2.75) is 13.0 Å². The van der Waals surface area contributed by atoms with Gasteiger partial charge in [0.05, 0.1) is 12.3 Å². The highest BCUT2D eigenvalue weighted by Crippen LogP contribution is 2.18. The molecular weight excluding hydrogens is 260 g/mol. The van der Waals surface area contributed by atoms with E-state index in [-0.39, 0.29) is 6.61 Å². The highest BCUT2D eigenvalue weighted by molar-refractivity contribution is 9.10. The maximum absolute atomic E-state index is 9.80. The van der Waals surface area contributed by atoms with Gasteiger partial charge >= 0.3 is 0 Å². The van der Waals surface area contributed by atoms with Crippen molar-refractivity contribution in [2.24, 2.45) is 0 Å². The fourth-order valence-corrected chi connectivity index (χ4v) is 1.76. The van der Waals surface area contributed by atoms with E-state index < -0.39 is 6.10 Å². The van der Waals surface area contributed by atoms with Crippen LogP contribution in [0.4, 0.5) is 0 Å². The molecule has 1 heterocycles. The Balaban J connectivity index is 2.61. The van der Waals surface area contributed by atoms with Gasteiger partial charge < -0.3 is 15.5 Å². The maximum Gasteiger partial charge on any atom is 0.109 e. The van der Waals surface area contributed by atoms with Crippen molar-refractivity contribution in [3.8, 4) is 0 Å². The molecule has 0 saturated carbocycles. The number of aliphatic hydroxyl groups is 2. The van der Waals surface area contributed by atoms with Crippen molar-refractivity contribution < 1.29 is 10.2 Å². The fourth-order valence-electron chi connectivity index (χ4n) is 1.31. The summed E-state index contributed by atoms with van der Waals surface area (Å²) in [5, 5.41) is 21.3. The number of hydrogen-bond acceptors (Lipinski definition) is 4. The van der Waals surface area contributed by atoms with Gasteiger partial charge in [-0.1, -0.05) is 0 Å². The molecule has 0 fully saturated rings. The van der Waals surface area contributed by atoms with Crippen LogP contribution in [0, 0.1) is 6.92 Å². The number of pyridine rings is 1. The molecule has 0 bridgehead atoms. The minimum Gasteiger partial charge on any atom is -0.395 e. The zero-order valence-electron chi connectivity index (χ0n) is 8.57. The van der Waals surface area contributed by atoms with Crippen LogP contribution >= 0.6 is 15.9 Å². The van der Waals surface area contributed by atoms with E-state index in [1.807, 2.05) is 13.0 Å². The van der Waals surface area contributed by atoms with Crippen LogP contribution in [0.5, 0.6) is 0 Å². The third kappa shape index (κ3) is 3.87. The van der Waals surface area contributed by atoms with Crippen LogP contribution in [-0.2, 0) is 0 Å². The molecule has 15 heavy (non-hydrogen) atoms. The summed E-state index contributed by atoms with van der Waals surface area (Å²) in [4.78, 5) is 4.16. The van der Waals surface area contributed by atoms with Crippen LogP contribution in [0.2, 0.25) is 0 Å². The Morgan fingerprint density at radius 2 is 2.33 bits per heavy atom. The summed E-state index contributed by atoms with van der Waals surface area (Å²) in [6, 6.07) is 1.91. The second-order valence-electron chi connectivity index (χ2n) is 3.30. The Labute approximate surface area is 97.5 Å². The monoisotopic (exact) mass is 274 g/mol. The van der Waals surface area contributed by atoms with Gasteiger partial charge in [-0.3, -0.25) is 4.98 Å². The number of aliphatic hydroxyl groups excluding tert-OH is 2. The lowest BCUT2D eigenvalue weighted by molar-refractivity contribution is 0.165. The van der Waals surface area contributed by atoms with Gasteiger partial charge in [0, 0.05) is 23.8 Å². The lowest BCUT2D eigenvalue weighted by atomic mass is 10.1. The van der Waals surface area contributed by atoms with Gasteiger partial charge in [-0.2, -0.15) is 0 Å². The summed E-state index contributed by atoms with van der Waals surface area (Å²) in [6.07, 6.45) is 1.03. The van der Waals surface area contributed by atoms with E-state index in [0.717, 1.165) is 10.0 Å². The van der Waals surface area contributed by atoms with E-state index in [9.17, 15) is 5.11 Å². The van der Waals surface area contributed by atoms with Crippen molar-refractivity contribution in [3.63, 3.8) is 0 Å².